The van der Waals surface area contributed by atoms with E-state index in [-0.39, 0.29) is 18.0 Å². The second kappa shape index (κ2) is 6.33. The summed E-state index contributed by atoms with van der Waals surface area (Å²) in [5, 5.41) is 0. The van der Waals surface area contributed by atoms with Gasteiger partial charge in [0.15, 0.2) is 5.79 Å². The number of rotatable bonds is 2. The lowest BCUT2D eigenvalue weighted by Crippen LogP contribution is -2.49. The third kappa shape index (κ3) is 2.93. The zero-order valence-corrected chi connectivity index (χ0v) is 14.0. The Morgan fingerprint density at radius 2 is 1.88 bits per heavy atom. The quantitative estimate of drug-likeness (QED) is 0.769. The molecule has 0 atom stereocenters. The number of fused-ring (bicyclic) bond motifs is 1. The molecule has 0 radical (unpaired) electrons. The van der Waals surface area contributed by atoms with Crippen molar-refractivity contribution in [2.75, 3.05) is 26.3 Å². The van der Waals surface area contributed by atoms with E-state index in [0.717, 1.165) is 10.6 Å². The third-order valence-electron chi connectivity index (χ3n) is 4.92. The summed E-state index contributed by atoms with van der Waals surface area (Å²) in [5.74, 6) is -1.42. The number of nitrogens with one attached hydrogen (secondary N) is 1. The molecule has 2 aliphatic heterocycles. The van der Waals surface area contributed by atoms with Crippen LogP contribution in [0.3, 0.4) is 0 Å². The molecular weight excluding hydrogens is 345 g/mol. The van der Waals surface area contributed by atoms with Crippen LogP contribution in [0.15, 0.2) is 27.8 Å². The number of aromatic amines is 1. The molecule has 4 rings (SSSR count). The molecule has 26 heavy (non-hydrogen) atoms. The lowest BCUT2D eigenvalue weighted by Gasteiger charge is -2.37. The predicted octanol–water partition coefficient (Wildman–Crippen LogP) is 0.194. The summed E-state index contributed by atoms with van der Waals surface area (Å²) in [6, 6.07) is 3.68. The van der Waals surface area contributed by atoms with Crippen molar-refractivity contribution in [3.8, 4) is 0 Å². The minimum atomic E-state index is -0.888. The molecule has 1 N–H and O–H groups in total. The number of amides is 1. The third-order valence-corrected chi connectivity index (χ3v) is 4.92. The van der Waals surface area contributed by atoms with Gasteiger partial charge in [-0.05, 0) is 18.2 Å². The maximum atomic E-state index is 13.4. The van der Waals surface area contributed by atoms with Crippen LogP contribution in [0.1, 0.15) is 12.8 Å². The molecule has 2 saturated heterocycles. The first-order valence-electron chi connectivity index (χ1n) is 8.46. The molecule has 2 aliphatic rings. The number of ether oxygens (including phenoxy) is 2. The van der Waals surface area contributed by atoms with Crippen LogP contribution in [-0.2, 0) is 20.8 Å². The highest BCUT2D eigenvalue weighted by Gasteiger charge is 2.40. The summed E-state index contributed by atoms with van der Waals surface area (Å²) < 4.78 is 25.7. The molecule has 1 amide bonds. The van der Waals surface area contributed by atoms with Gasteiger partial charge >= 0.3 is 11.1 Å². The molecule has 1 aromatic heterocycles. The van der Waals surface area contributed by atoms with Gasteiger partial charge in [0.1, 0.15) is 12.4 Å². The van der Waals surface area contributed by atoms with Crippen molar-refractivity contribution < 1.29 is 18.7 Å². The fraction of sp³-hybridized carbons (Fsp3) is 0.471. The lowest BCUT2D eigenvalue weighted by atomic mass is 10.0. The molecule has 0 aliphatic carbocycles. The van der Waals surface area contributed by atoms with E-state index in [4.69, 9.17) is 9.47 Å². The molecule has 1 spiro atoms. The maximum absolute atomic E-state index is 13.4. The first-order chi connectivity index (χ1) is 12.5. The van der Waals surface area contributed by atoms with Crippen LogP contribution >= 0.6 is 0 Å². The molecule has 3 heterocycles. The Hall–Kier alpha value is -2.52. The van der Waals surface area contributed by atoms with Gasteiger partial charge in [-0.15, -0.1) is 0 Å². The van der Waals surface area contributed by atoms with Crippen molar-refractivity contribution in [2.45, 2.75) is 25.2 Å². The minimum absolute atomic E-state index is 0.174. The van der Waals surface area contributed by atoms with E-state index >= 15 is 0 Å². The molecule has 0 bridgehead atoms. The van der Waals surface area contributed by atoms with E-state index < -0.39 is 22.7 Å². The summed E-state index contributed by atoms with van der Waals surface area (Å²) in [6.45, 7) is 1.73. The van der Waals surface area contributed by atoms with Crippen LogP contribution in [0, 0.1) is 5.82 Å². The molecule has 2 aromatic rings. The Morgan fingerprint density at radius 3 is 2.58 bits per heavy atom. The van der Waals surface area contributed by atoms with Gasteiger partial charge in [0.25, 0.3) is 0 Å². The van der Waals surface area contributed by atoms with Crippen LogP contribution < -0.4 is 11.1 Å². The van der Waals surface area contributed by atoms with Crippen LogP contribution in [0.5, 0.6) is 0 Å². The smallest absolute Gasteiger partial charge is 0.317 e. The molecule has 138 valence electrons. The highest BCUT2D eigenvalue weighted by atomic mass is 19.1. The Balaban J connectivity index is 1.57. The molecule has 1 aromatic carbocycles. The van der Waals surface area contributed by atoms with E-state index in [1.165, 1.54) is 12.1 Å². The summed E-state index contributed by atoms with van der Waals surface area (Å²) in [7, 11) is 0. The predicted molar refractivity (Wildman–Crippen MR) is 89.2 cm³/mol. The highest BCUT2D eigenvalue weighted by Crippen LogP contribution is 2.31. The van der Waals surface area contributed by atoms with Crippen molar-refractivity contribution in [3.05, 3.63) is 44.7 Å². The molecule has 2 fully saturated rings. The zero-order valence-electron chi connectivity index (χ0n) is 14.0. The number of likely N-dealkylation sites (tertiary alicyclic amines) is 1. The average Bonchev–Trinajstić information content (AvgIpc) is 3.07. The SMILES string of the molecule is O=C(Cn1c(=O)c(=O)[nH]c2cc(F)ccc21)N1CCC2(CC1)OCCO2. The average molecular weight is 363 g/mol. The molecule has 0 unspecified atom stereocenters. The Bertz CT molecular complexity index is 967. The molecule has 0 saturated carbocycles. The van der Waals surface area contributed by atoms with Gasteiger partial charge in [0.05, 0.1) is 24.2 Å². The van der Waals surface area contributed by atoms with Crippen LogP contribution in [0.25, 0.3) is 11.0 Å². The number of carbonyl (C=O) groups is 1. The fourth-order valence-corrected chi connectivity index (χ4v) is 3.53. The fourth-order valence-electron chi connectivity index (χ4n) is 3.53. The first kappa shape index (κ1) is 16.9. The molecule has 9 heteroatoms. The summed E-state index contributed by atoms with van der Waals surface area (Å²) in [4.78, 5) is 40.6. The van der Waals surface area contributed by atoms with Gasteiger partial charge < -0.3 is 19.4 Å². The number of hydrogen-bond acceptors (Lipinski definition) is 5. The number of nitrogens with zero attached hydrogens (tertiary/aromatic N) is 2. The Morgan fingerprint density at radius 1 is 1.19 bits per heavy atom. The van der Waals surface area contributed by atoms with Crippen LogP contribution in [0.2, 0.25) is 0 Å². The number of hydrogen-bond donors (Lipinski definition) is 1. The van der Waals surface area contributed by atoms with Crippen molar-refractivity contribution in [1.29, 1.82) is 0 Å². The topological polar surface area (TPSA) is 93.6 Å². The maximum Gasteiger partial charge on any atom is 0.317 e. The van der Waals surface area contributed by atoms with Gasteiger partial charge in [-0.25, -0.2) is 4.39 Å². The number of halogens is 1. The lowest BCUT2D eigenvalue weighted by molar-refractivity contribution is -0.187. The number of H-pyrrole nitrogens is 1. The van der Waals surface area contributed by atoms with Gasteiger partial charge in [-0.1, -0.05) is 0 Å². The zero-order chi connectivity index (χ0) is 18.3. The van der Waals surface area contributed by atoms with E-state index in [9.17, 15) is 18.8 Å². The van der Waals surface area contributed by atoms with Crippen molar-refractivity contribution in [3.63, 3.8) is 0 Å². The van der Waals surface area contributed by atoms with Crippen LogP contribution in [-0.4, -0.2) is 52.4 Å². The number of piperidine rings is 1. The van der Waals surface area contributed by atoms with Crippen molar-refractivity contribution in [1.82, 2.24) is 14.5 Å². The first-order valence-corrected chi connectivity index (χ1v) is 8.46. The second-order valence-electron chi connectivity index (χ2n) is 6.50. The van der Waals surface area contributed by atoms with E-state index in [0.29, 0.717) is 44.7 Å². The van der Waals surface area contributed by atoms with Gasteiger partial charge in [-0.2, -0.15) is 0 Å². The minimum Gasteiger partial charge on any atom is -0.347 e. The normalized spacial score (nSPS) is 19.3. The summed E-state index contributed by atoms with van der Waals surface area (Å²) in [6.07, 6.45) is 1.13. The Labute approximate surface area is 147 Å². The number of benzene rings is 1. The molecular formula is C17H18FN3O5. The van der Waals surface area contributed by atoms with Gasteiger partial charge in [0, 0.05) is 25.9 Å². The van der Waals surface area contributed by atoms with E-state index in [1.807, 2.05) is 0 Å². The summed E-state index contributed by atoms with van der Waals surface area (Å²) >= 11 is 0. The van der Waals surface area contributed by atoms with E-state index in [2.05, 4.69) is 4.98 Å². The largest absolute Gasteiger partial charge is 0.347 e. The Kier molecular flexibility index (Phi) is 4.12. The van der Waals surface area contributed by atoms with Gasteiger partial charge in [0.2, 0.25) is 5.91 Å². The standard InChI is InChI=1S/C17H18FN3O5/c18-11-1-2-13-12(9-11)19-15(23)16(24)21(13)10-14(22)20-5-3-17(4-6-20)25-7-8-26-17/h1-2,9H,3-8,10H2,(H,19,23). The molecule has 8 nitrogen and oxygen atoms in total. The number of aromatic nitrogens is 2. The van der Waals surface area contributed by atoms with Crippen molar-refractivity contribution >= 4 is 16.9 Å². The van der Waals surface area contributed by atoms with Crippen LogP contribution in [0.4, 0.5) is 4.39 Å². The number of carbonyl (C=O) groups excluding carboxylic acids is 1. The van der Waals surface area contributed by atoms with Gasteiger partial charge in [-0.3, -0.25) is 19.0 Å². The highest BCUT2D eigenvalue weighted by molar-refractivity contribution is 5.80. The van der Waals surface area contributed by atoms with E-state index in [1.54, 1.807) is 4.90 Å². The monoisotopic (exact) mass is 363 g/mol. The second-order valence-corrected chi connectivity index (χ2v) is 6.50. The summed E-state index contributed by atoms with van der Waals surface area (Å²) in [5.41, 5.74) is -1.25. The van der Waals surface area contributed by atoms with Crippen molar-refractivity contribution in [2.24, 2.45) is 0 Å².